The van der Waals surface area contributed by atoms with Crippen molar-refractivity contribution in [1.29, 1.82) is 0 Å². The van der Waals surface area contributed by atoms with Gasteiger partial charge in [0.1, 0.15) is 7.05 Å². The molecule has 0 spiro atoms. The van der Waals surface area contributed by atoms with E-state index in [1.54, 1.807) is 0 Å². The number of benzene rings is 2. The van der Waals surface area contributed by atoms with Gasteiger partial charge in [-0.25, -0.2) is 0 Å². The predicted molar refractivity (Wildman–Crippen MR) is 102 cm³/mol. The Morgan fingerprint density at radius 3 is 1.83 bits per heavy atom. The van der Waals surface area contributed by atoms with Crippen LogP contribution >= 0.6 is 0 Å². The van der Waals surface area contributed by atoms with E-state index in [1.807, 2.05) is 0 Å². The van der Waals surface area contributed by atoms with Crippen molar-refractivity contribution in [3.05, 3.63) is 51.1 Å². The van der Waals surface area contributed by atoms with Crippen LogP contribution in [0.2, 0.25) is 0 Å². The molecule has 1 aliphatic heterocycles. The van der Waals surface area contributed by atoms with Crippen LogP contribution in [0.4, 0.5) is 5.69 Å². The van der Waals surface area contributed by atoms with Gasteiger partial charge in [0.2, 0.25) is 5.69 Å². The zero-order valence-electron chi connectivity index (χ0n) is 15.8. The minimum absolute atomic E-state index is 1.04. The van der Waals surface area contributed by atoms with Crippen LogP contribution in [-0.4, -0.2) is 17.3 Å². The van der Waals surface area contributed by atoms with E-state index in [-0.39, 0.29) is 0 Å². The summed E-state index contributed by atoms with van der Waals surface area (Å²) in [5.74, 6) is 0. The lowest BCUT2D eigenvalue weighted by Gasteiger charge is -2.19. The molecule has 0 unspecified atom stereocenters. The monoisotopic (exact) mass is 306 g/mol. The first-order chi connectivity index (χ1) is 10.8. The smallest absolute Gasteiger partial charge is 0.198 e. The molecule has 1 heteroatoms. The van der Waals surface area contributed by atoms with Crippen molar-refractivity contribution in [3.63, 3.8) is 0 Å². The molecule has 0 saturated carbocycles. The fourth-order valence-electron chi connectivity index (χ4n) is 4.30. The van der Waals surface area contributed by atoms with Crippen molar-refractivity contribution >= 4 is 22.2 Å². The summed E-state index contributed by atoms with van der Waals surface area (Å²) in [6, 6.07) is 0. The summed E-state index contributed by atoms with van der Waals surface area (Å²) in [5.41, 5.74) is 13.0. The van der Waals surface area contributed by atoms with Gasteiger partial charge in [0, 0.05) is 17.2 Å². The van der Waals surface area contributed by atoms with Crippen molar-refractivity contribution in [2.24, 2.45) is 0 Å². The lowest BCUT2D eigenvalue weighted by molar-refractivity contribution is -0.401. The Morgan fingerprint density at radius 1 is 0.739 bits per heavy atom. The van der Waals surface area contributed by atoms with E-state index in [9.17, 15) is 0 Å². The molecule has 0 radical (unpaired) electrons. The SMILES string of the molecule is C/C=C/C1=[N+](C)c2c(C)c(C)c3c(C)c(C)c(C)c(C)c3c2C1. The lowest BCUT2D eigenvalue weighted by Crippen LogP contribution is -2.05. The van der Waals surface area contributed by atoms with E-state index in [4.69, 9.17) is 0 Å². The fourth-order valence-corrected chi connectivity index (χ4v) is 4.30. The number of aryl methyl sites for hydroxylation is 3. The first-order valence-corrected chi connectivity index (χ1v) is 8.55. The van der Waals surface area contributed by atoms with Crippen LogP contribution < -0.4 is 0 Å². The summed E-state index contributed by atoms with van der Waals surface area (Å²) >= 11 is 0. The minimum Gasteiger partial charge on any atom is -0.198 e. The molecule has 0 bridgehead atoms. The second kappa shape index (κ2) is 5.33. The van der Waals surface area contributed by atoms with Crippen LogP contribution in [0.3, 0.4) is 0 Å². The van der Waals surface area contributed by atoms with Crippen molar-refractivity contribution in [2.45, 2.75) is 54.9 Å². The molecule has 3 rings (SSSR count). The van der Waals surface area contributed by atoms with Gasteiger partial charge >= 0.3 is 0 Å². The van der Waals surface area contributed by atoms with Crippen molar-refractivity contribution in [2.75, 3.05) is 7.05 Å². The van der Waals surface area contributed by atoms with Crippen LogP contribution in [0.15, 0.2) is 12.2 Å². The Labute approximate surface area is 140 Å². The third-order valence-corrected chi connectivity index (χ3v) is 6.05. The van der Waals surface area contributed by atoms with E-state index in [0.29, 0.717) is 0 Å². The number of fused-ring (bicyclic) bond motifs is 3. The van der Waals surface area contributed by atoms with Gasteiger partial charge in [0.15, 0.2) is 5.71 Å². The summed E-state index contributed by atoms with van der Waals surface area (Å²) < 4.78 is 2.39. The Kier molecular flexibility index (Phi) is 3.71. The molecular formula is C22H28N+. The molecule has 0 N–H and O–H groups in total. The van der Waals surface area contributed by atoms with Crippen molar-refractivity contribution < 1.29 is 4.58 Å². The predicted octanol–water partition coefficient (Wildman–Crippen LogP) is 5.54. The van der Waals surface area contributed by atoms with E-state index in [1.165, 1.54) is 61.1 Å². The van der Waals surface area contributed by atoms with Crippen molar-refractivity contribution in [3.8, 4) is 0 Å². The number of nitrogens with zero attached hydrogens (tertiary/aromatic N) is 1. The Hall–Kier alpha value is -1.89. The first kappa shape index (κ1) is 16.0. The van der Waals surface area contributed by atoms with E-state index in [2.05, 4.69) is 72.2 Å². The normalized spacial score (nSPS) is 14.4. The van der Waals surface area contributed by atoms with Crippen LogP contribution in [0.1, 0.15) is 45.9 Å². The third kappa shape index (κ3) is 2.02. The number of hydrogen-bond donors (Lipinski definition) is 0. The van der Waals surface area contributed by atoms with Gasteiger partial charge in [-0.3, -0.25) is 0 Å². The summed E-state index contributed by atoms with van der Waals surface area (Å²) in [7, 11) is 2.21. The van der Waals surface area contributed by atoms with Gasteiger partial charge in [-0.2, -0.15) is 4.58 Å². The molecule has 2 aromatic rings. The molecule has 2 aromatic carbocycles. The minimum atomic E-state index is 1.04. The summed E-state index contributed by atoms with van der Waals surface area (Å²) in [6.07, 6.45) is 5.44. The van der Waals surface area contributed by atoms with Gasteiger partial charge in [-0.05, 0) is 87.1 Å². The summed E-state index contributed by atoms with van der Waals surface area (Å²) in [5, 5.41) is 2.98. The zero-order chi connectivity index (χ0) is 17.0. The molecule has 0 fully saturated rings. The number of allylic oxidation sites excluding steroid dienone is 2. The van der Waals surface area contributed by atoms with Gasteiger partial charge in [-0.15, -0.1) is 0 Å². The Bertz CT molecular complexity index is 908. The lowest BCUT2D eigenvalue weighted by atomic mass is 9.84. The molecule has 23 heavy (non-hydrogen) atoms. The van der Waals surface area contributed by atoms with Crippen LogP contribution in [0.25, 0.3) is 10.8 Å². The van der Waals surface area contributed by atoms with E-state index < -0.39 is 0 Å². The van der Waals surface area contributed by atoms with Gasteiger partial charge in [0.25, 0.3) is 0 Å². The molecule has 1 nitrogen and oxygen atoms in total. The van der Waals surface area contributed by atoms with E-state index in [0.717, 1.165) is 6.42 Å². The highest BCUT2D eigenvalue weighted by molar-refractivity contribution is 6.06. The molecule has 0 amide bonds. The average molecular weight is 306 g/mol. The van der Waals surface area contributed by atoms with E-state index >= 15 is 0 Å². The second-order valence-electron chi connectivity index (χ2n) is 7.05. The average Bonchev–Trinajstić information content (AvgIpc) is 2.84. The quantitative estimate of drug-likeness (QED) is 0.609. The highest BCUT2D eigenvalue weighted by Gasteiger charge is 2.32. The molecule has 0 aliphatic carbocycles. The third-order valence-electron chi connectivity index (χ3n) is 6.05. The highest BCUT2D eigenvalue weighted by atomic mass is 15.0. The topological polar surface area (TPSA) is 3.01 Å². The maximum Gasteiger partial charge on any atom is 0.212 e. The fraction of sp³-hybridized carbons (Fsp3) is 0.409. The molecule has 1 heterocycles. The highest BCUT2D eigenvalue weighted by Crippen LogP contribution is 2.43. The van der Waals surface area contributed by atoms with Gasteiger partial charge < -0.3 is 0 Å². The second-order valence-corrected chi connectivity index (χ2v) is 7.05. The Morgan fingerprint density at radius 2 is 1.26 bits per heavy atom. The zero-order valence-corrected chi connectivity index (χ0v) is 15.8. The van der Waals surface area contributed by atoms with Gasteiger partial charge in [-0.1, -0.05) is 6.08 Å². The van der Waals surface area contributed by atoms with Gasteiger partial charge in [0.05, 0.1) is 6.42 Å². The molecule has 0 saturated heterocycles. The molecule has 120 valence electrons. The largest absolute Gasteiger partial charge is 0.212 e. The maximum atomic E-state index is 2.39. The standard InChI is InChI=1S/C22H28N/c1-9-10-18-11-19-21-15(5)13(3)12(2)14(4)20(21)16(6)17(7)22(19)23(18)8/h9-10H,11H2,1-8H3/q+1/b10-9+. The number of hydrogen-bond acceptors (Lipinski definition) is 0. The molecular weight excluding hydrogens is 278 g/mol. The molecule has 0 aromatic heterocycles. The molecule has 1 aliphatic rings. The van der Waals surface area contributed by atoms with Crippen LogP contribution in [0, 0.1) is 41.5 Å². The summed E-state index contributed by atoms with van der Waals surface area (Å²) in [6.45, 7) is 15.8. The summed E-state index contributed by atoms with van der Waals surface area (Å²) in [4.78, 5) is 0. The first-order valence-electron chi connectivity index (χ1n) is 8.55. The van der Waals surface area contributed by atoms with Crippen LogP contribution in [-0.2, 0) is 6.42 Å². The maximum absolute atomic E-state index is 2.39. The molecule has 0 atom stereocenters. The van der Waals surface area contributed by atoms with Crippen LogP contribution in [0.5, 0.6) is 0 Å². The number of rotatable bonds is 1. The van der Waals surface area contributed by atoms with Crippen molar-refractivity contribution in [1.82, 2.24) is 0 Å². The Balaban J connectivity index is 2.54.